The number of methoxy groups -OCH3 is 1. The van der Waals surface area contributed by atoms with Crippen LogP contribution in [0.1, 0.15) is 0 Å². The lowest BCUT2D eigenvalue weighted by Crippen LogP contribution is -1.89. The maximum absolute atomic E-state index is 14.2. The van der Waals surface area contributed by atoms with Crippen molar-refractivity contribution in [3.63, 3.8) is 0 Å². The zero-order chi connectivity index (χ0) is 23.2. The van der Waals surface area contributed by atoms with Crippen LogP contribution in [0, 0.1) is 5.82 Å². The van der Waals surface area contributed by atoms with E-state index in [0.29, 0.717) is 34.0 Å². The largest absolute Gasteiger partial charge is 0.506 e. The van der Waals surface area contributed by atoms with Crippen LogP contribution in [0.5, 0.6) is 11.5 Å². The molecule has 0 atom stereocenters. The number of aromatic hydroxyl groups is 1. The Bertz CT molecular complexity index is 1690. The van der Waals surface area contributed by atoms with Crippen LogP contribution in [0.25, 0.3) is 55.7 Å². The molecule has 8 nitrogen and oxygen atoms in total. The van der Waals surface area contributed by atoms with Gasteiger partial charge in [-0.3, -0.25) is 20.1 Å². The van der Waals surface area contributed by atoms with Gasteiger partial charge in [0.15, 0.2) is 0 Å². The van der Waals surface area contributed by atoms with Gasteiger partial charge in [0.1, 0.15) is 23.0 Å². The molecule has 3 N–H and O–H groups in total. The highest BCUT2D eigenvalue weighted by Gasteiger charge is 2.16. The lowest BCUT2D eigenvalue weighted by Gasteiger charge is -2.06. The summed E-state index contributed by atoms with van der Waals surface area (Å²) in [4.78, 5) is 16.4. The van der Waals surface area contributed by atoms with E-state index < -0.39 is 5.82 Å². The maximum Gasteiger partial charge on any atom is 0.134 e. The topological polar surface area (TPSA) is 113 Å². The summed E-state index contributed by atoms with van der Waals surface area (Å²) in [5, 5.41) is 19.0. The fourth-order valence-electron chi connectivity index (χ4n) is 4.08. The number of halogens is 1. The molecule has 0 bridgehead atoms. The van der Waals surface area contributed by atoms with Crippen LogP contribution in [0.3, 0.4) is 0 Å². The van der Waals surface area contributed by atoms with Crippen LogP contribution in [0.2, 0.25) is 0 Å². The molecule has 6 aromatic rings. The van der Waals surface area contributed by atoms with Crippen LogP contribution >= 0.6 is 0 Å². The first kappa shape index (κ1) is 19.9. The van der Waals surface area contributed by atoms with Crippen LogP contribution in [-0.4, -0.2) is 42.3 Å². The molecule has 5 heterocycles. The van der Waals surface area contributed by atoms with Gasteiger partial charge in [0, 0.05) is 45.9 Å². The van der Waals surface area contributed by atoms with Gasteiger partial charge in [0.2, 0.25) is 0 Å². The van der Waals surface area contributed by atoms with E-state index in [4.69, 9.17) is 4.74 Å². The molecule has 0 aliphatic heterocycles. The van der Waals surface area contributed by atoms with Crippen molar-refractivity contribution in [2.24, 2.45) is 0 Å². The highest BCUT2D eigenvalue weighted by molar-refractivity contribution is 6.00. The normalized spacial score (nSPS) is 11.4. The van der Waals surface area contributed by atoms with Crippen molar-refractivity contribution < 1.29 is 14.2 Å². The van der Waals surface area contributed by atoms with E-state index in [1.54, 1.807) is 30.7 Å². The van der Waals surface area contributed by atoms with Crippen LogP contribution in [-0.2, 0) is 0 Å². The molecule has 6 rings (SSSR count). The van der Waals surface area contributed by atoms with Crippen molar-refractivity contribution >= 4 is 21.8 Å². The van der Waals surface area contributed by atoms with E-state index in [2.05, 4.69) is 30.1 Å². The minimum absolute atomic E-state index is 0.0661. The Morgan fingerprint density at radius 3 is 2.62 bits per heavy atom. The Morgan fingerprint density at radius 2 is 1.76 bits per heavy atom. The van der Waals surface area contributed by atoms with Crippen LogP contribution in [0.15, 0.2) is 67.3 Å². The number of pyridine rings is 3. The first-order chi connectivity index (χ1) is 16.6. The molecule has 0 saturated heterocycles. The second kappa shape index (κ2) is 7.66. The SMILES string of the molecule is COc1cc(F)cc(-c2nccc3[nH]c(-c4n[nH]c5cnc(-c6cncc(O)c6)cc45)cc23)c1. The number of fused-ring (bicyclic) bond motifs is 2. The Labute approximate surface area is 192 Å². The molecule has 1 aromatic carbocycles. The molecule has 0 radical (unpaired) electrons. The first-order valence-electron chi connectivity index (χ1n) is 10.4. The van der Waals surface area contributed by atoms with Gasteiger partial charge in [0.25, 0.3) is 0 Å². The number of rotatable bonds is 4. The van der Waals surface area contributed by atoms with Gasteiger partial charge in [-0.1, -0.05) is 0 Å². The van der Waals surface area contributed by atoms with Gasteiger partial charge in [-0.15, -0.1) is 0 Å². The summed E-state index contributed by atoms with van der Waals surface area (Å²) >= 11 is 0. The Hall–Kier alpha value is -4.79. The zero-order valence-corrected chi connectivity index (χ0v) is 17.9. The molecule has 0 aliphatic rings. The standard InChI is InChI=1S/C25H17FN6O2/c1-34-17-6-13(4-15(26)7-17)24-18-9-22(30-20(18)2-3-28-24)25-19-8-21(29-12-23(19)31-32-25)14-5-16(33)11-27-10-14/h2-12,30,33H,1H3,(H,31,32). The first-order valence-corrected chi connectivity index (χ1v) is 10.4. The minimum atomic E-state index is -0.399. The van der Waals surface area contributed by atoms with Gasteiger partial charge in [-0.2, -0.15) is 5.10 Å². The van der Waals surface area contributed by atoms with Gasteiger partial charge >= 0.3 is 0 Å². The van der Waals surface area contributed by atoms with E-state index in [1.165, 1.54) is 25.4 Å². The summed E-state index contributed by atoms with van der Waals surface area (Å²) in [6.45, 7) is 0. The molecular weight excluding hydrogens is 435 g/mol. The smallest absolute Gasteiger partial charge is 0.134 e. The van der Waals surface area contributed by atoms with Crippen molar-refractivity contribution in [1.29, 1.82) is 0 Å². The molecule has 0 amide bonds. The third kappa shape index (κ3) is 3.30. The van der Waals surface area contributed by atoms with Crippen LogP contribution < -0.4 is 4.74 Å². The number of hydrogen-bond acceptors (Lipinski definition) is 6. The molecule has 9 heteroatoms. The van der Waals surface area contributed by atoms with E-state index in [1.807, 2.05) is 18.2 Å². The van der Waals surface area contributed by atoms with Gasteiger partial charge in [0.05, 0.1) is 42.1 Å². The lowest BCUT2D eigenvalue weighted by molar-refractivity contribution is 0.411. The van der Waals surface area contributed by atoms with Crippen molar-refractivity contribution in [1.82, 2.24) is 30.1 Å². The number of H-pyrrole nitrogens is 2. The third-order valence-corrected chi connectivity index (χ3v) is 5.65. The molecule has 0 saturated carbocycles. The lowest BCUT2D eigenvalue weighted by atomic mass is 10.1. The Kier molecular flexibility index (Phi) is 4.48. The Balaban J connectivity index is 1.50. The summed E-state index contributed by atoms with van der Waals surface area (Å²) in [7, 11) is 1.50. The zero-order valence-electron chi connectivity index (χ0n) is 17.9. The predicted molar refractivity (Wildman–Crippen MR) is 126 cm³/mol. The fourth-order valence-corrected chi connectivity index (χ4v) is 4.08. The van der Waals surface area contributed by atoms with Gasteiger partial charge in [-0.25, -0.2) is 4.39 Å². The number of nitrogens with zero attached hydrogens (tertiary/aromatic N) is 4. The second-order valence-electron chi connectivity index (χ2n) is 7.80. The molecule has 5 aromatic heterocycles. The monoisotopic (exact) mass is 452 g/mol. The number of benzene rings is 1. The van der Waals surface area contributed by atoms with Crippen molar-refractivity contribution in [3.05, 3.63) is 73.1 Å². The van der Waals surface area contributed by atoms with Crippen molar-refractivity contribution in [2.45, 2.75) is 0 Å². The Morgan fingerprint density at radius 1 is 0.882 bits per heavy atom. The summed E-state index contributed by atoms with van der Waals surface area (Å²) in [5.74, 6) is 0.0874. The summed E-state index contributed by atoms with van der Waals surface area (Å²) < 4.78 is 19.4. The van der Waals surface area contributed by atoms with E-state index in [0.717, 1.165) is 27.5 Å². The van der Waals surface area contributed by atoms with E-state index in [-0.39, 0.29) is 5.75 Å². The number of ether oxygens (including phenoxy) is 1. The quantitative estimate of drug-likeness (QED) is 0.344. The molecule has 0 spiro atoms. The average Bonchev–Trinajstić information content (AvgIpc) is 3.47. The molecule has 166 valence electrons. The molecule has 34 heavy (non-hydrogen) atoms. The summed E-state index contributed by atoms with van der Waals surface area (Å²) in [6.07, 6.45) is 6.38. The van der Waals surface area contributed by atoms with Crippen molar-refractivity contribution in [2.75, 3.05) is 7.11 Å². The molecule has 0 unspecified atom stereocenters. The number of aromatic amines is 2. The molecule has 0 fully saturated rings. The second-order valence-corrected chi connectivity index (χ2v) is 7.80. The predicted octanol–water partition coefficient (Wildman–Crippen LogP) is 5.08. The highest BCUT2D eigenvalue weighted by atomic mass is 19.1. The maximum atomic E-state index is 14.2. The molecular formula is C25H17FN6O2. The number of hydrogen-bond donors (Lipinski definition) is 3. The fraction of sp³-hybridized carbons (Fsp3) is 0.0400. The number of aromatic nitrogens is 6. The van der Waals surface area contributed by atoms with Gasteiger partial charge < -0.3 is 14.8 Å². The average molecular weight is 452 g/mol. The summed E-state index contributed by atoms with van der Waals surface area (Å²) in [6, 6.07) is 11.8. The van der Waals surface area contributed by atoms with Crippen molar-refractivity contribution in [3.8, 4) is 45.4 Å². The highest BCUT2D eigenvalue weighted by Crippen LogP contribution is 2.35. The van der Waals surface area contributed by atoms with Crippen LogP contribution in [0.4, 0.5) is 4.39 Å². The third-order valence-electron chi connectivity index (χ3n) is 5.65. The summed E-state index contributed by atoms with van der Waals surface area (Å²) in [5.41, 5.74) is 5.66. The van der Waals surface area contributed by atoms with E-state index in [9.17, 15) is 9.50 Å². The minimum Gasteiger partial charge on any atom is -0.506 e. The number of nitrogens with one attached hydrogen (secondary N) is 2. The van der Waals surface area contributed by atoms with Gasteiger partial charge in [-0.05, 0) is 36.4 Å². The molecule has 0 aliphatic carbocycles. The van der Waals surface area contributed by atoms with E-state index >= 15 is 0 Å².